The second-order valence-corrected chi connectivity index (χ2v) is 6.55. The average molecular weight is 567 g/mol. The molecule has 0 saturated carbocycles. The van der Waals surface area contributed by atoms with Gasteiger partial charge in [-0.25, -0.2) is 4.99 Å². The maximum Gasteiger partial charge on any atom is 0.411 e. The molecule has 0 aliphatic heterocycles. The molecule has 0 aliphatic carbocycles. The minimum absolute atomic E-state index is 0. The Balaban J connectivity index is 0.00000512. The lowest BCUT2D eigenvalue weighted by atomic mass is 10.1. The Morgan fingerprint density at radius 1 is 1.03 bits per heavy atom. The molecule has 0 saturated heterocycles. The van der Waals surface area contributed by atoms with Gasteiger partial charge in [0.2, 0.25) is 0 Å². The van der Waals surface area contributed by atoms with Crippen molar-refractivity contribution < 1.29 is 27.4 Å². The molecule has 0 heterocycles. The van der Waals surface area contributed by atoms with Gasteiger partial charge in [-0.3, -0.25) is 0 Å². The molecule has 2 aromatic rings. The van der Waals surface area contributed by atoms with Crippen LogP contribution in [0.25, 0.3) is 0 Å². The van der Waals surface area contributed by atoms with E-state index in [4.69, 9.17) is 14.2 Å². The molecular formula is C22H29F3IN3O3. The number of anilines is 1. The van der Waals surface area contributed by atoms with E-state index >= 15 is 0 Å². The highest BCUT2D eigenvalue weighted by Gasteiger charge is 2.27. The number of hydrogen-bond donors (Lipinski definition) is 2. The van der Waals surface area contributed by atoms with Crippen molar-refractivity contribution >= 4 is 35.6 Å². The minimum Gasteiger partial charge on any atom is -0.493 e. The number of aliphatic imine (C=N–C) groups is 1. The molecule has 0 aromatic heterocycles. The molecule has 0 spiro atoms. The number of alkyl halides is 3. The SMILES string of the molecule is CCNC(=NCc1cccc(COCC(F)(F)F)c1)Nc1ccc(OCC)c(OC)c1.I. The molecule has 32 heavy (non-hydrogen) atoms. The van der Waals surface area contributed by atoms with Gasteiger partial charge in [0.15, 0.2) is 17.5 Å². The first-order valence-electron chi connectivity index (χ1n) is 9.93. The summed E-state index contributed by atoms with van der Waals surface area (Å²) in [5, 5.41) is 6.37. The molecule has 0 unspecified atom stereocenters. The second-order valence-electron chi connectivity index (χ2n) is 6.55. The van der Waals surface area contributed by atoms with Crippen molar-refractivity contribution in [2.45, 2.75) is 33.2 Å². The first-order valence-corrected chi connectivity index (χ1v) is 9.93. The summed E-state index contributed by atoms with van der Waals surface area (Å²) >= 11 is 0. The lowest BCUT2D eigenvalue weighted by molar-refractivity contribution is -0.176. The smallest absolute Gasteiger partial charge is 0.411 e. The quantitative estimate of drug-likeness (QED) is 0.230. The number of ether oxygens (including phenoxy) is 3. The molecule has 2 aromatic carbocycles. The Labute approximate surface area is 203 Å². The van der Waals surface area contributed by atoms with E-state index in [1.807, 2.05) is 38.1 Å². The van der Waals surface area contributed by atoms with E-state index in [1.165, 1.54) is 0 Å². The summed E-state index contributed by atoms with van der Waals surface area (Å²) in [5.41, 5.74) is 2.29. The maximum atomic E-state index is 12.2. The van der Waals surface area contributed by atoms with Crippen molar-refractivity contribution in [3.63, 3.8) is 0 Å². The molecule has 0 radical (unpaired) electrons. The van der Waals surface area contributed by atoms with Crippen molar-refractivity contribution in [1.29, 1.82) is 0 Å². The summed E-state index contributed by atoms with van der Waals surface area (Å²) in [6.45, 7) is 4.01. The van der Waals surface area contributed by atoms with Crippen LogP contribution in [0.15, 0.2) is 47.5 Å². The Bertz CT molecular complexity index is 864. The number of guanidine groups is 1. The number of methoxy groups -OCH3 is 1. The van der Waals surface area contributed by atoms with Crippen LogP contribution in [0, 0.1) is 0 Å². The van der Waals surface area contributed by atoms with Crippen LogP contribution in [0.4, 0.5) is 18.9 Å². The zero-order valence-electron chi connectivity index (χ0n) is 18.3. The fourth-order valence-corrected chi connectivity index (χ4v) is 2.74. The Hall–Kier alpha value is -2.21. The van der Waals surface area contributed by atoms with Gasteiger partial charge in [-0.2, -0.15) is 13.2 Å². The van der Waals surface area contributed by atoms with Crippen molar-refractivity contribution in [2.24, 2.45) is 4.99 Å². The van der Waals surface area contributed by atoms with Crippen molar-refractivity contribution in [3.8, 4) is 11.5 Å². The minimum atomic E-state index is -4.34. The van der Waals surface area contributed by atoms with Gasteiger partial charge in [-0.05, 0) is 37.1 Å². The number of hydrogen-bond acceptors (Lipinski definition) is 4. The van der Waals surface area contributed by atoms with E-state index in [-0.39, 0.29) is 30.6 Å². The third-order valence-corrected chi connectivity index (χ3v) is 4.02. The first kappa shape index (κ1) is 27.8. The molecule has 2 rings (SSSR count). The number of halogens is 4. The zero-order chi connectivity index (χ0) is 22.7. The van der Waals surface area contributed by atoms with Crippen LogP contribution in [-0.4, -0.2) is 39.0 Å². The third kappa shape index (κ3) is 9.94. The van der Waals surface area contributed by atoms with E-state index in [2.05, 4.69) is 15.6 Å². The third-order valence-electron chi connectivity index (χ3n) is 4.02. The maximum absolute atomic E-state index is 12.2. The van der Waals surface area contributed by atoms with E-state index < -0.39 is 12.8 Å². The molecule has 0 atom stereocenters. The Morgan fingerprint density at radius 3 is 2.44 bits per heavy atom. The molecule has 178 valence electrons. The average Bonchev–Trinajstić information content (AvgIpc) is 2.73. The molecule has 10 heteroatoms. The van der Waals surface area contributed by atoms with Gasteiger partial charge in [0, 0.05) is 18.3 Å². The van der Waals surface area contributed by atoms with E-state index in [1.54, 1.807) is 25.3 Å². The molecule has 0 bridgehead atoms. The highest BCUT2D eigenvalue weighted by Crippen LogP contribution is 2.30. The van der Waals surface area contributed by atoms with Crippen molar-refractivity contribution in [2.75, 3.05) is 32.2 Å². The van der Waals surface area contributed by atoms with E-state index in [9.17, 15) is 13.2 Å². The fourth-order valence-electron chi connectivity index (χ4n) is 2.74. The predicted octanol–water partition coefficient (Wildman–Crippen LogP) is 5.37. The van der Waals surface area contributed by atoms with Gasteiger partial charge in [0.05, 0.1) is 26.9 Å². The zero-order valence-corrected chi connectivity index (χ0v) is 20.6. The summed E-state index contributed by atoms with van der Waals surface area (Å²) in [6.07, 6.45) is -4.34. The predicted molar refractivity (Wildman–Crippen MR) is 130 cm³/mol. The number of benzene rings is 2. The monoisotopic (exact) mass is 567 g/mol. The first-order chi connectivity index (χ1) is 14.8. The highest BCUT2D eigenvalue weighted by molar-refractivity contribution is 14.0. The normalized spacial score (nSPS) is 11.5. The van der Waals surface area contributed by atoms with Gasteiger partial charge in [0.1, 0.15) is 6.61 Å². The number of rotatable bonds is 10. The largest absolute Gasteiger partial charge is 0.493 e. The highest BCUT2D eigenvalue weighted by atomic mass is 127. The van der Waals surface area contributed by atoms with Crippen LogP contribution in [0.1, 0.15) is 25.0 Å². The van der Waals surface area contributed by atoms with Gasteiger partial charge < -0.3 is 24.8 Å². The molecule has 2 N–H and O–H groups in total. The van der Waals surface area contributed by atoms with Gasteiger partial charge >= 0.3 is 6.18 Å². The molecule has 0 amide bonds. The van der Waals surface area contributed by atoms with Crippen LogP contribution in [0.5, 0.6) is 11.5 Å². The summed E-state index contributed by atoms with van der Waals surface area (Å²) in [4.78, 5) is 4.56. The standard InChI is InChI=1S/C22H28F3N3O3.HI/c1-4-26-21(28-18-9-10-19(31-5-2)20(12-18)29-3)27-13-16-7-6-8-17(11-16)14-30-15-22(23,24)25;/h6-12H,4-5,13-15H2,1-3H3,(H2,26,27,28);1H. The molecular weight excluding hydrogens is 538 g/mol. The summed E-state index contributed by atoms with van der Waals surface area (Å²) in [7, 11) is 1.58. The summed E-state index contributed by atoms with van der Waals surface area (Å²) in [6, 6.07) is 12.6. The summed E-state index contributed by atoms with van der Waals surface area (Å²) in [5.74, 6) is 1.82. The van der Waals surface area contributed by atoms with Gasteiger partial charge in [-0.15, -0.1) is 24.0 Å². The van der Waals surface area contributed by atoms with Crippen LogP contribution in [-0.2, 0) is 17.9 Å². The molecule has 0 aliphatic rings. The van der Waals surface area contributed by atoms with Crippen LogP contribution in [0.3, 0.4) is 0 Å². The van der Waals surface area contributed by atoms with Crippen LogP contribution in [0.2, 0.25) is 0 Å². The summed E-state index contributed by atoms with van der Waals surface area (Å²) < 4.78 is 52.3. The Morgan fingerprint density at radius 2 is 1.78 bits per heavy atom. The van der Waals surface area contributed by atoms with E-state index in [0.29, 0.717) is 42.7 Å². The topological polar surface area (TPSA) is 64.1 Å². The second kappa shape index (κ2) is 14.0. The van der Waals surface area contributed by atoms with Gasteiger partial charge in [0.25, 0.3) is 0 Å². The van der Waals surface area contributed by atoms with Crippen molar-refractivity contribution in [1.82, 2.24) is 5.32 Å². The van der Waals surface area contributed by atoms with Gasteiger partial charge in [-0.1, -0.05) is 24.3 Å². The lowest BCUT2D eigenvalue weighted by Gasteiger charge is -2.14. The van der Waals surface area contributed by atoms with Crippen LogP contribution < -0.4 is 20.1 Å². The molecule has 0 fully saturated rings. The van der Waals surface area contributed by atoms with Crippen molar-refractivity contribution in [3.05, 3.63) is 53.6 Å². The number of nitrogens with one attached hydrogen (secondary N) is 2. The Kier molecular flexibility index (Phi) is 12.2. The lowest BCUT2D eigenvalue weighted by Crippen LogP contribution is -2.30. The number of nitrogens with zero attached hydrogens (tertiary/aromatic N) is 1. The fraction of sp³-hybridized carbons (Fsp3) is 0.409. The molecule has 6 nitrogen and oxygen atoms in total. The van der Waals surface area contributed by atoms with E-state index in [0.717, 1.165) is 11.3 Å². The van der Waals surface area contributed by atoms with Crippen LogP contribution >= 0.6 is 24.0 Å².